The molecule has 1 aromatic carbocycles. The van der Waals surface area contributed by atoms with Crippen LogP contribution in [0.5, 0.6) is 0 Å². The van der Waals surface area contributed by atoms with Gasteiger partial charge < -0.3 is 25.2 Å². The van der Waals surface area contributed by atoms with Gasteiger partial charge in [-0.1, -0.05) is 18.2 Å². The Kier molecular flexibility index (Phi) is 8.46. The Labute approximate surface area is 285 Å². The first kappa shape index (κ1) is 32.4. The van der Waals surface area contributed by atoms with Gasteiger partial charge in [0.25, 0.3) is 5.91 Å². The topological polar surface area (TPSA) is 109 Å². The van der Waals surface area contributed by atoms with E-state index in [1.165, 1.54) is 39.4 Å². The molecule has 0 unspecified atom stereocenters. The standard InChI is InChI=1S/C38H46F2N6O3/c1-22-34(42-46-19-27(15-32(40)35(22)46)38(49)44-20-28(39)17-29(41)21-44)33-16-26-3-2-4-31(36(26)45(33)18-23-5-6-23)24-11-13-43(14-12-24)37(48)25-7-9-30(47)10-8-25/h2-4,15-16,19,23-25,28-30,47H,5-14,17-18,20-21,41H2,1H3/t25-,28-,29-,30+/m1/s1. The van der Waals surface area contributed by atoms with E-state index in [-0.39, 0.29) is 43.0 Å². The van der Waals surface area contributed by atoms with Crippen molar-refractivity contribution in [2.75, 3.05) is 26.2 Å². The number of hydrogen-bond acceptors (Lipinski definition) is 5. The molecule has 2 atom stereocenters. The molecule has 2 saturated carbocycles. The Morgan fingerprint density at radius 2 is 1.73 bits per heavy atom. The molecule has 2 saturated heterocycles. The predicted molar refractivity (Wildman–Crippen MR) is 183 cm³/mol. The summed E-state index contributed by atoms with van der Waals surface area (Å²) in [6, 6.07) is 9.40. The number of piperidine rings is 2. The van der Waals surface area contributed by atoms with Gasteiger partial charge in [0.1, 0.15) is 23.2 Å². The maximum absolute atomic E-state index is 15.8. The van der Waals surface area contributed by atoms with Gasteiger partial charge in [-0.15, -0.1) is 0 Å². The van der Waals surface area contributed by atoms with E-state index in [1.54, 1.807) is 6.20 Å². The van der Waals surface area contributed by atoms with E-state index >= 15 is 4.39 Å². The summed E-state index contributed by atoms with van der Waals surface area (Å²) in [6.07, 6.45) is 7.38. The lowest BCUT2D eigenvalue weighted by Gasteiger charge is -2.36. The quantitative estimate of drug-likeness (QED) is 0.278. The van der Waals surface area contributed by atoms with E-state index in [0.29, 0.717) is 41.5 Å². The summed E-state index contributed by atoms with van der Waals surface area (Å²) in [4.78, 5) is 30.1. The first-order valence-electron chi connectivity index (χ1n) is 18.1. The first-order valence-corrected chi connectivity index (χ1v) is 18.1. The van der Waals surface area contributed by atoms with Crippen molar-refractivity contribution in [3.63, 3.8) is 0 Å². The molecule has 5 heterocycles. The third-order valence-electron chi connectivity index (χ3n) is 11.5. The lowest BCUT2D eigenvalue weighted by molar-refractivity contribution is -0.138. The van der Waals surface area contributed by atoms with Crippen molar-refractivity contribution in [1.29, 1.82) is 0 Å². The average molecular weight is 673 g/mol. The van der Waals surface area contributed by atoms with Crippen molar-refractivity contribution >= 4 is 28.2 Å². The number of para-hydroxylation sites is 1. The van der Waals surface area contributed by atoms with E-state index in [9.17, 15) is 19.1 Å². The van der Waals surface area contributed by atoms with Gasteiger partial charge in [0.05, 0.1) is 29.4 Å². The van der Waals surface area contributed by atoms with Crippen LogP contribution in [-0.4, -0.2) is 85.4 Å². The van der Waals surface area contributed by atoms with E-state index in [1.807, 2.05) is 11.8 Å². The Bertz CT molecular complexity index is 1890. The highest BCUT2D eigenvalue weighted by Crippen LogP contribution is 2.41. The number of aliphatic hydroxyl groups excluding tert-OH is 1. The third-order valence-corrected chi connectivity index (χ3v) is 11.5. The van der Waals surface area contributed by atoms with Gasteiger partial charge in [-0.3, -0.25) is 9.59 Å². The molecular formula is C38H46F2N6O3. The number of carbonyl (C=O) groups excluding carboxylic acids is 2. The van der Waals surface area contributed by atoms with Crippen molar-refractivity contribution < 1.29 is 23.5 Å². The number of carbonyl (C=O) groups is 2. The summed E-state index contributed by atoms with van der Waals surface area (Å²) in [7, 11) is 0. The minimum absolute atomic E-state index is 0.0278. The molecule has 4 aliphatic rings. The SMILES string of the molecule is Cc1c(-c2cc3cccc(C4CCN(C(=O)[C@H]5CC[C@@H](O)CC5)CC4)c3n2CC2CC2)nn2cc(C(=O)N3C[C@H](N)C[C@@H](F)C3)cc(F)c12. The molecule has 2 aliphatic carbocycles. The summed E-state index contributed by atoms with van der Waals surface area (Å²) < 4.78 is 33.9. The minimum Gasteiger partial charge on any atom is -0.393 e. The van der Waals surface area contributed by atoms with E-state index in [0.717, 1.165) is 56.4 Å². The second-order valence-electron chi connectivity index (χ2n) is 15.1. The lowest BCUT2D eigenvalue weighted by atomic mass is 9.84. The molecule has 260 valence electrons. The monoisotopic (exact) mass is 672 g/mol. The van der Waals surface area contributed by atoms with Gasteiger partial charge in [-0.2, -0.15) is 5.10 Å². The molecule has 11 heteroatoms. The summed E-state index contributed by atoms with van der Waals surface area (Å²) in [5.41, 5.74) is 11.2. The van der Waals surface area contributed by atoms with Gasteiger partial charge in [0.2, 0.25) is 5.91 Å². The second-order valence-corrected chi connectivity index (χ2v) is 15.1. The second kappa shape index (κ2) is 12.8. The van der Waals surface area contributed by atoms with Crippen LogP contribution in [0.25, 0.3) is 27.8 Å². The summed E-state index contributed by atoms with van der Waals surface area (Å²) in [6.45, 7) is 4.36. The number of aliphatic hydroxyl groups is 1. The molecule has 2 amide bonds. The number of aryl methyl sites for hydroxylation is 1. The van der Waals surface area contributed by atoms with E-state index in [4.69, 9.17) is 10.8 Å². The first-order chi connectivity index (χ1) is 23.6. The fourth-order valence-corrected chi connectivity index (χ4v) is 8.68. The summed E-state index contributed by atoms with van der Waals surface area (Å²) >= 11 is 0. The zero-order chi connectivity index (χ0) is 34.0. The van der Waals surface area contributed by atoms with Crippen LogP contribution < -0.4 is 5.73 Å². The number of pyridine rings is 1. The van der Waals surface area contributed by atoms with Gasteiger partial charge in [0.15, 0.2) is 0 Å². The van der Waals surface area contributed by atoms with E-state index < -0.39 is 23.9 Å². The van der Waals surface area contributed by atoms with Gasteiger partial charge in [-0.05, 0) is 94.2 Å². The molecule has 8 rings (SSSR count). The molecular weight excluding hydrogens is 626 g/mol. The van der Waals surface area contributed by atoms with Crippen LogP contribution in [0.15, 0.2) is 36.5 Å². The van der Waals surface area contributed by atoms with Crippen LogP contribution in [0.1, 0.15) is 85.2 Å². The smallest absolute Gasteiger partial charge is 0.255 e. The van der Waals surface area contributed by atoms with Crippen LogP contribution in [0.4, 0.5) is 8.78 Å². The number of hydrogen-bond donors (Lipinski definition) is 2. The third kappa shape index (κ3) is 6.13. The Morgan fingerprint density at radius 3 is 2.45 bits per heavy atom. The molecule has 4 aromatic rings. The number of rotatable bonds is 6. The lowest BCUT2D eigenvalue weighted by Crippen LogP contribution is -2.50. The van der Waals surface area contributed by atoms with Crippen LogP contribution in [-0.2, 0) is 11.3 Å². The molecule has 3 aromatic heterocycles. The minimum atomic E-state index is -1.20. The van der Waals surface area contributed by atoms with Crippen molar-refractivity contribution in [1.82, 2.24) is 24.0 Å². The Morgan fingerprint density at radius 1 is 0.980 bits per heavy atom. The number of likely N-dealkylation sites (tertiary alicyclic amines) is 2. The van der Waals surface area contributed by atoms with Crippen LogP contribution in [0.2, 0.25) is 0 Å². The van der Waals surface area contributed by atoms with Crippen molar-refractivity contribution in [2.24, 2.45) is 17.6 Å². The van der Waals surface area contributed by atoms with Crippen molar-refractivity contribution in [3.05, 3.63) is 59.0 Å². The fourth-order valence-electron chi connectivity index (χ4n) is 8.68. The van der Waals surface area contributed by atoms with E-state index in [2.05, 4.69) is 28.8 Å². The van der Waals surface area contributed by atoms with Gasteiger partial charge in [-0.25, -0.2) is 13.3 Å². The highest BCUT2D eigenvalue weighted by molar-refractivity contribution is 5.95. The predicted octanol–water partition coefficient (Wildman–Crippen LogP) is 5.58. The molecule has 0 radical (unpaired) electrons. The van der Waals surface area contributed by atoms with Crippen molar-refractivity contribution in [3.8, 4) is 11.4 Å². The number of amides is 2. The average Bonchev–Trinajstić information content (AvgIpc) is 3.75. The van der Waals surface area contributed by atoms with Gasteiger partial charge >= 0.3 is 0 Å². The molecule has 0 bridgehead atoms. The van der Waals surface area contributed by atoms with Crippen LogP contribution in [0.3, 0.4) is 0 Å². The Hall–Kier alpha value is -3.83. The normalized spacial score (nSPS) is 25.4. The largest absolute Gasteiger partial charge is 0.393 e. The zero-order valence-electron chi connectivity index (χ0n) is 28.2. The maximum atomic E-state index is 15.8. The maximum Gasteiger partial charge on any atom is 0.255 e. The number of alkyl halides is 1. The molecule has 4 fully saturated rings. The number of fused-ring (bicyclic) bond motifs is 2. The van der Waals surface area contributed by atoms with Crippen molar-refractivity contribution in [2.45, 2.75) is 95.5 Å². The molecule has 0 spiro atoms. The van der Waals surface area contributed by atoms with Crippen LogP contribution in [0, 0.1) is 24.6 Å². The number of nitrogens with two attached hydrogens (primary N) is 1. The number of nitrogens with zero attached hydrogens (tertiary/aromatic N) is 5. The molecule has 3 N–H and O–H groups in total. The fraction of sp³-hybridized carbons (Fsp3) is 0.553. The Balaban J connectivity index is 1.11. The molecule has 49 heavy (non-hydrogen) atoms. The highest BCUT2D eigenvalue weighted by atomic mass is 19.1. The molecule has 9 nitrogen and oxygen atoms in total. The number of aromatic nitrogens is 3. The highest BCUT2D eigenvalue weighted by Gasteiger charge is 2.34. The molecule has 2 aliphatic heterocycles. The summed E-state index contributed by atoms with van der Waals surface area (Å²) in [5, 5.41) is 15.9. The summed E-state index contributed by atoms with van der Waals surface area (Å²) in [5.74, 6) is 0.155. The van der Waals surface area contributed by atoms with Gasteiger partial charge in [0, 0.05) is 55.3 Å². The number of halogens is 2. The number of benzene rings is 1. The zero-order valence-corrected chi connectivity index (χ0v) is 28.2. The van der Waals surface area contributed by atoms with Crippen LogP contribution >= 0.6 is 0 Å².